The van der Waals surface area contributed by atoms with E-state index in [9.17, 15) is 22.8 Å². The lowest BCUT2D eigenvalue weighted by molar-refractivity contribution is -0.137. The van der Waals surface area contributed by atoms with Crippen molar-refractivity contribution in [1.29, 1.82) is 0 Å². The molecule has 1 fully saturated rings. The quantitative estimate of drug-likeness (QED) is 0.556. The number of urea groups is 1. The Morgan fingerprint density at radius 2 is 1.86 bits per heavy atom. The minimum atomic E-state index is -1.51. The maximum atomic E-state index is 13.1. The molecule has 1 aromatic carbocycles. The predicted molar refractivity (Wildman–Crippen MR) is 70.9 cm³/mol. The van der Waals surface area contributed by atoms with Crippen LogP contribution in [-0.4, -0.2) is 29.7 Å². The number of benzene rings is 1. The number of carbonyl (C=O) groups excluding carboxylic acids is 1. The predicted octanol–water partition coefficient (Wildman–Crippen LogP) is 2.12. The number of nitrogens with one attached hydrogen (secondary N) is 2. The molecule has 1 aliphatic rings. The monoisotopic (exact) mass is 316 g/mol. The number of rotatable bonds is 6. The highest BCUT2D eigenvalue weighted by Gasteiger charge is 2.40. The number of carboxylic acid groups (broad SMARTS) is 1. The van der Waals surface area contributed by atoms with Gasteiger partial charge in [0.2, 0.25) is 0 Å². The van der Waals surface area contributed by atoms with Gasteiger partial charge in [0.25, 0.3) is 0 Å². The lowest BCUT2D eigenvalue weighted by atomic mass is 10.1. The Bertz CT molecular complexity index is 572. The van der Waals surface area contributed by atoms with E-state index in [-0.39, 0.29) is 24.9 Å². The molecule has 0 radical (unpaired) electrons. The van der Waals surface area contributed by atoms with Crippen molar-refractivity contribution in [2.45, 2.75) is 31.2 Å². The first-order chi connectivity index (χ1) is 10.4. The van der Waals surface area contributed by atoms with Crippen LogP contribution >= 0.6 is 0 Å². The molecule has 0 saturated heterocycles. The molecule has 120 valence electrons. The highest BCUT2D eigenvalue weighted by molar-refractivity contribution is 5.75. The largest absolute Gasteiger partial charge is 0.481 e. The van der Waals surface area contributed by atoms with Gasteiger partial charge in [-0.1, -0.05) is 0 Å². The van der Waals surface area contributed by atoms with E-state index < -0.39 is 29.5 Å². The van der Waals surface area contributed by atoms with Gasteiger partial charge >= 0.3 is 12.0 Å². The molecule has 5 nitrogen and oxygen atoms in total. The first kappa shape index (κ1) is 16.1. The van der Waals surface area contributed by atoms with Crippen molar-refractivity contribution in [3.63, 3.8) is 0 Å². The zero-order chi connectivity index (χ0) is 16.3. The van der Waals surface area contributed by atoms with Crippen LogP contribution in [0.5, 0.6) is 0 Å². The number of hydrogen-bond acceptors (Lipinski definition) is 2. The van der Waals surface area contributed by atoms with E-state index in [2.05, 4.69) is 10.6 Å². The van der Waals surface area contributed by atoms with Gasteiger partial charge in [-0.15, -0.1) is 0 Å². The zero-order valence-corrected chi connectivity index (χ0v) is 11.5. The molecule has 0 heterocycles. The van der Waals surface area contributed by atoms with Gasteiger partial charge in [0.1, 0.15) is 0 Å². The van der Waals surface area contributed by atoms with Gasteiger partial charge in [-0.05, 0) is 30.5 Å². The van der Waals surface area contributed by atoms with E-state index >= 15 is 0 Å². The van der Waals surface area contributed by atoms with Crippen LogP contribution in [-0.2, 0) is 4.79 Å². The molecule has 2 amide bonds. The SMILES string of the molecule is O=C(O)CCCNC(=O)N[C@@H]1C[C@H]1c1cc(F)c(F)c(F)c1. The minimum Gasteiger partial charge on any atom is -0.481 e. The molecule has 0 spiro atoms. The second-order valence-electron chi connectivity index (χ2n) is 5.14. The third kappa shape index (κ3) is 4.12. The number of carboxylic acids is 1. The topological polar surface area (TPSA) is 78.4 Å². The van der Waals surface area contributed by atoms with Gasteiger partial charge < -0.3 is 15.7 Å². The maximum absolute atomic E-state index is 13.1. The Balaban J connectivity index is 1.78. The molecule has 8 heteroatoms. The van der Waals surface area contributed by atoms with Crippen LogP contribution in [0.15, 0.2) is 12.1 Å². The Morgan fingerprint density at radius 3 is 2.45 bits per heavy atom. The summed E-state index contributed by atoms with van der Waals surface area (Å²) in [5, 5.41) is 13.5. The van der Waals surface area contributed by atoms with Crippen molar-refractivity contribution in [3.05, 3.63) is 35.1 Å². The van der Waals surface area contributed by atoms with Gasteiger partial charge in [0, 0.05) is 24.9 Å². The molecule has 22 heavy (non-hydrogen) atoms. The average Bonchev–Trinajstić information content (AvgIpc) is 3.19. The van der Waals surface area contributed by atoms with Crippen LogP contribution in [0.4, 0.5) is 18.0 Å². The van der Waals surface area contributed by atoms with E-state index in [1.807, 2.05) is 0 Å². The summed E-state index contributed by atoms with van der Waals surface area (Å²) in [4.78, 5) is 21.8. The normalized spacial score (nSPS) is 19.6. The average molecular weight is 316 g/mol. The summed E-state index contributed by atoms with van der Waals surface area (Å²) in [5.41, 5.74) is 0.299. The fourth-order valence-electron chi connectivity index (χ4n) is 2.17. The number of hydrogen-bond donors (Lipinski definition) is 3. The summed E-state index contributed by atoms with van der Waals surface area (Å²) >= 11 is 0. The Kier molecular flexibility index (Phi) is 4.89. The lowest BCUT2D eigenvalue weighted by Crippen LogP contribution is -2.37. The highest BCUT2D eigenvalue weighted by atomic mass is 19.2. The first-order valence-corrected chi connectivity index (χ1v) is 6.79. The molecule has 1 aromatic rings. The summed E-state index contributed by atoms with van der Waals surface area (Å²) in [6.45, 7) is 0.218. The fourth-order valence-corrected chi connectivity index (χ4v) is 2.17. The number of carbonyl (C=O) groups is 2. The second-order valence-corrected chi connectivity index (χ2v) is 5.14. The van der Waals surface area contributed by atoms with E-state index in [0.717, 1.165) is 12.1 Å². The summed E-state index contributed by atoms with van der Waals surface area (Å²) in [6, 6.07) is 1.11. The molecular weight excluding hydrogens is 301 g/mol. The molecule has 0 aliphatic heterocycles. The van der Waals surface area contributed by atoms with Gasteiger partial charge in [0.05, 0.1) is 0 Å². The molecule has 0 aromatic heterocycles. The van der Waals surface area contributed by atoms with Crippen molar-refractivity contribution >= 4 is 12.0 Å². The molecule has 0 unspecified atom stereocenters. The first-order valence-electron chi connectivity index (χ1n) is 6.79. The Labute approximate surface area is 124 Å². The van der Waals surface area contributed by atoms with Crippen molar-refractivity contribution in [2.24, 2.45) is 0 Å². The number of amides is 2. The summed E-state index contributed by atoms with van der Waals surface area (Å²) < 4.78 is 39.1. The van der Waals surface area contributed by atoms with E-state index in [1.54, 1.807) is 0 Å². The third-order valence-electron chi connectivity index (χ3n) is 3.39. The minimum absolute atomic E-state index is 0.0412. The van der Waals surface area contributed by atoms with E-state index in [0.29, 0.717) is 18.4 Å². The van der Waals surface area contributed by atoms with Crippen molar-refractivity contribution in [1.82, 2.24) is 10.6 Å². The second kappa shape index (κ2) is 6.67. The molecule has 1 saturated carbocycles. The van der Waals surface area contributed by atoms with Crippen molar-refractivity contribution in [3.8, 4) is 0 Å². The van der Waals surface area contributed by atoms with Crippen LogP contribution in [0.3, 0.4) is 0 Å². The molecule has 2 atom stereocenters. The van der Waals surface area contributed by atoms with Crippen LogP contribution in [0.2, 0.25) is 0 Å². The summed E-state index contributed by atoms with van der Waals surface area (Å²) in [7, 11) is 0. The van der Waals surface area contributed by atoms with Crippen molar-refractivity contribution in [2.75, 3.05) is 6.54 Å². The number of aliphatic carboxylic acids is 1. The Hall–Kier alpha value is -2.25. The maximum Gasteiger partial charge on any atom is 0.315 e. The van der Waals surface area contributed by atoms with Crippen molar-refractivity contribution < 1.29 is 27.9 Å². The third-order valence-corrected chi connectivity index (χ3v) is 3.39. The molecule has 2 rings (SSSR count). The molecule has 1 aliphatic carbocycles. The van der Waals surface area contributed by atoms with Crippen LogP contribution in [0.1, 0.15) is 30.7 Å². The van der Waals surface area contributed by atoms with Crippen LogP contribution in [0.25, 0.3) is 0 Å². The van der Waals surface area contributed by atoms with Gasteiger partial charge in [-0.3, -0.25) is 4.79 Å². The van der Waals surface area contributed by atoms with E-state index in [4.69, 9.17) is 5.11 Å². The van der Waals surface area contributed by atoms with E-state index in [1.165, 1.54) is 0 Å². The molecule has 0 bridgehead atoms. The lowest BCUT2D eigenvalue weighted by Gasteiger charge is -2.07. The summed E-state index contributed by atoms with van der Waals surface area (Å²) in [6.07, 6.45) is 0.777. The number of halogens is 3. The van der Waals surface area contributed by atoms with Crippen LogP contribution in [0, 0.1) is 17.5 Å². The molecule has 3 N–H and O–H groups in total. The van der Waals surface area contributed by atoms with Crippen LogP contribution < -0.4 is 10.6 Å². The summed E-state index contributed by atoms with van der Waals surface area (Å²) in [5.74, 6) is -5.21. The highest BCUT2D eigenvalue weighted by Crippen LogP contribution is 2.41. The Morgan fingerprint density at radius 1 is 1.23 bits per heavy atom. The van der Waals surface area contributed by atoms with Gasteiger partial charge in [-0.2, -0.15) is 0 Å². The standard InChI is InChI=1S/C14H15F3N2O3/c15-9-4-7(5-10(16)13(9)17)8-6-11(8)19-14(22)18-3-1-2-12(20)21/h4-5,8,11H,1-3,6H2,(H,20,21)(H2,18,19,22)/t8-,11+/m0/s1. The fraction of sp³-hybridized carbons (Fsp3) is 0.429. The zero-order valence-electron chi connectivity index (χ0n) is 11.5. The van der Waals surface area contributed by atoms with Gasteiger partial charge in [0.15, 0.2) is 17.5 Å². The smallest absolute Gasteiger partial charge is 0.315 e. The van der Waals surface area contributed by atoms with Gasteiger partial charge in [-0.25, -0.2) is 18.0 Å². The molecular formula is C14H15F3N2O3.